The Morgan fingerprint density at radius 3 is 2.73 bits per heavy atom. The number of nitrogens with one attached hydrogen (secondary N) is 1. The molecule has 2 aromatic rings. The Balaban J connectivity index is 2.23. The molecule has 0 saturated heterocycles. The van der Waals surface area contributed by atoms with Crippen LogP contribution in [-0.2, 0) is 6.42 Å². The maximum absolute atomic E-state index is 12.3. The van der Waals surface area contributed by atoms with Gasteiger partial charge >= 0.3 is 0 Å². The number of methoxy groups -OCH3 is 2. The summed E-state index contributed by atoms with van der Waals surface area (Å²) in [6, 6.07) is 3.18. The van der Waals surface area contributed by atoms with Crippen molar-refractivity contribution in [3.05, 3.63) is 33.2 Å². The van der Waals surface area contributed by atoms with Crippen LogP contribution in [0.3, 0.4) is 0 Å². The maximum atomic E-state index is 12.3. The zero-order valence-corrected chi connectivity index (χ0v) is 13.8. The van der Waals surface area contributed by atoms with Gasteiger partial charge in [0.2, 0.25) is 0 Å². The fraction of sp³-hybridized carbons (Fsp3) is 0.286. The van der Waals surface area contributed by atoms with E-state index in [1.54, 1.807) is 17.5 Å². The number of anilines is 1. The minimum absolute atomic E-state index is 0.331. The van der Waals surface area contributed by atoms with Crippen molar-refractivity contribution in [3.63, 3.8) is 0 Å². The average Bonchev–Trinajstić information content (AvgIpc) is 2.97. The summed E-state index contributed by atoms with van der Waals surface area (Å²) in [7, 11) is 2.99. The van der Waals surface area contributed by atoms with Gasteiger partial charge in [0.25, 0.3) is 5.91 Å². The molecule has 0 unspecified atom stereocenters. The van der Waals surface area contributed by atoms with Gasteiger partial charge in [-0.15, -0.1) is 11.3 Å². The van der Waals surface area contributed by atoms with Crippen LogP contribution in [0, 0.1) is 0 Å². The number of ether oxygens (including phenoxy) is 2. The monoisotopic (exact) mass is 341 g/mol. The minimum atomic E-state index is -0.331. The molecular formula is C14H16ClN3O3S. The third-order valence-electron chi connectivity index (χ3n) is 2.86. The van der Waals surface area contributed by atoms with Crippen LogP contribution in [0.1, 0.15) is 15.5 Å². The van der Waals surface area contributed by atoms with E-state index in [0.717, 1.165) is 5.01 Å². The van der Waals surface area contributed by atoms with Crippen LogP contribution in [0.25, 0.3) is 0 Å². The molecule has 1 aromatic heterocycles. The second-order valence-electron chi connectivity index (χ2n) is 4.31. The molecule has 0 aliphatic heterocycles. The van der Waals surface area contributed by atoms with Crippen molar-refractivity contribution < 1.29 is 14.3 Å². The normalized spacial score (nSPS) is 10.4. The van der Waals surface area contributed by atoms with Crippen LogP contribution >= 0.6 is 22.9 Å². The van der Waals surface area contributed by atoms with E-state index in [4.69, 9.17) is 26.8 Å². The highest BCUT2D eigenvalue weighted by molar-refractivity contribution is 7.09. The first kappa shape index (κ1) is 16.5. The Labute approximate surface area is 137 Å². The van der Waals surface area contributed by atoms with Crippen LogP contribution in [0.4, 0.5) is 5.69 Å². The first-order chi connectivity index (χ1) is 10.6. The predicted octanol–water partition coefficient (Wildman–Crippen LogP) is 2.57. The number of aromatic nitrogens is 1. The fourth-order valence-corrected chi connectivity index (χ4v) is 2.82. The van der Waals surface area contributed by atoms with Crippen molar-refractivity contribution in [2.24, 2.45) is 5.73 Å². The summed E-state index contributed by atoms with van der Waals surface area (Å²) in [6.45, 7) is 0.497. The van der Waals surface area contributed by atoms with Gasteiger partial charge < -0.3 is 20.5 Å². The van der Waals surface area contributed by atoms with E-state index in [-0.39, 0.29) is 5.91 Å². The van der Waals surface area contributed by atoms with Gasteiger partial charge in [-0.05, 0) is 6.54 Å². The zero-order valence-electron chi connectivity index (χ0n) is 12.2. The van der Waals surface area contributed by atoms with E-state index in [9.17, 15) is 4.79 Å². The lowest BCUT2D eigenvalue weighted by Gasteiger charge is -2.12. The molecule has 0 radical (unpaired) electrons. The first-order valence-corrected chi connectivity index (χ1v) is 7.72. The van der Waals surface area contributed by atoms with Crippen molar-refractivity contribution >= 4 is 34.5 Å². The largest absolute Gasteiger partial charge is 0.495 e. The van der Waals surface area contributed by atoms with Gasteiger partial charge in [-0.3, -0.25) is 4.79 Å². The Bertz CT molecular complexity index is 675. The number of nitrogens with zero attached hydrogens (tertiary/aromatic N) is 1. The van der Waals surface area contributed by atoms with Crippen molar-refractivity contribution in [1.82, 2.24) is 4.98 Å². The van der Waals surface area contributed by atoms with Crippen LogP contribution in [0.2, 0.25) is 5.02 Å². The molecule has 0 aliphatic rings. The van der Waals surface area contributed by atoms with Crippen molar-refractivity contribution in [3.8, 4) is 11.5 Å². The summed E-state index contributed by atoms with van der Waals surface area (Å²) in [5.74, 6) is 0.554. The van der Waals surface area contributed by atoms with Crippen molar-refractivity contribution in [1.29, 1.82) is 0 Å². The maximum Gasteiger partial charge on any atom is 0.275 e. The topological polar surface area (TPSA) is 86.5 Å². The molecule has 2 rings (SSSR count). The molecule has 0 bridgehead atoms. The van der Waals surface area contributed by atoms with E-state index >= 15 is 0 Å². The SMILES string of the molecule is COc1cc(NC(=O)c2csc(CCN)n2)c(OC)cc1Cl. The summed E-state index contributed by atoms with van der Waals surface area (Å²) in [5.41, 5.74) is 6.27. The highest BCUT2D eigenvalue weighted by Gasteiger charge is 2.15. The van der Waals surface area contributed by atoms with E-state index < -0.39 is 0 Å². The van der Waals surface area contributed by atoms with E-state index in [1.807, 2.05) is 0 Å². The zero-order chi connectivity index (χ0) is 16.1. The molecule has 3 N–H and O–H groups in total. The Hall–Kier alpha value is -1.83. The average molecular weight is 342 g/mol. The number of thiazole rings is 1. The van der Waals surface area contributed by atoms with Crippen LogP contribution in [0.15, 0.2) is 17.5 Å². The minimum Gasteiger partial charge on any atom is -0.495 e. The van der Waals surface area contributed by atoms with E-state index in [0.29, 0.717) is 40.9 Å². The second kappa shape index (κ2) is 7.44. The summed E-state index contributed by atoms with van der Waals surface area (Å²) < 4.78 is 10.4. The molecule has 0 saturated carbocycles. The van der Waals surface area contributed by atoms with Crippen LogP contribution in [0.5, 0.6) is 11.5 Å². The standard InChI is InChI=1S/C14H16ClN3O3S/c1-20-11-6-9(12(21-2)5-8(11)15)18-14(19)10-7-22-13(17-10)3-4-16/h5-7H,3-4,16H2,1-2H3,(H,18,19). The Kier molecular flexibility index (Phi) is 5.59. The molecule has 0 fully saturated rings. The van der Waals surface area contributed by atoms with E-state index in [1.165, 1.54) is 25.6 Å². The third-order valence-corrected chi connectivity index (χ3v) is 4.07. The van der Waals surface area contributed by atoms with Crippen molar-refractivity contribution in [2.45, 2.75) is 6.42 Å². The number of carbonyl (C=O) groups is 1. The highest BCUT2D eigenvalue weighted by atomic mass is 35.5. The number of rotatable bonds is 6. The predicted molar refractivity (Wildman–Crippen MR) is 87.4 cm³/mol. The molecule has 6 nitrogen and oxygen atoms in total. The molecular weight excluding hydrogens is 326 g/mol. The van der Waals surface area contributed by atoms with Gasteiger partial charge in [0.1, 0.15) is 17.2 Å². The van der Waals surface area contributed by atoms with Gasteiger partial charge in [0.05, 0.1) is 29.9 Å². The molecule has 8 heteroatoms. The number of amides is 1. The Morgan fingerprint density at radius 1 is 1.36 bits per heavy atom. The number of halogens is 1. The third kappa shape index (κ3) is 3.68. The van der Waals surface area contributed by atoms with Gasteiger partial charge in [-0.2, -0.15) is 0 Å². The number of carbonyl (C=O) groups excluding carboxylic acids is 1. The number of hydrogen-bond acceptors (Lipinski definition) is 6. The van der Waals surface area contributed by atoms with Gasteiger partial charge in [-0.1, -0.05) is 11.6 Å². The molecule has 0 spiro atoms. The molecule has 0 aliphatic carbocycles. The molecule has 0 atom stereocenters. The summed E-state index contributed by atoms with van der Waals surface area (Å²) in [5, 5.41) is 5.67. The summed E-state index contributed by atoms with van der Waals surface area (Å²) in [6.07, 6.45) is 0.649. The molecule has 1 aromatic carbocycles. The van der Waals surface area contributed by atoms with Crippen LogP contribution in [-0.4, -0.2) is 31.7 Å². The summed E-state index contributed by atoms with van der Waals surface area (Å²) in [4.78, 5) is 16.5. The number of hydrogen-bond donors (Lipinski definition) is 2. The van der Waals surface area contributed by atoms with Gasteiger partial charge in [0, 0.05) is 23.9 Å². The van der Waals surface area contributed by atoms with Crippen molar-refractivity contribution in [2.75, 3.05) is 26.1 Å². The first-order valence-electron chi connectivity index (χ1n) is 6.46. The van der Waals surface area contributed by atoms with E-state index in [2.05, 4.69) is 10.3 Å². The highest BCUT2D eigenvalue weighted by Crippen LogP contribution is 2.36. The quantitative estimate of drug-likeness (QED) is 0.843. The lowest BCUT2D eigenvalue weighted by atomic mass is 10.2. The lowest BCUT2D eigenvalue weighted by molar-refractivity contribution is 0.102. The smallest absolute Gasteiger partial charge is 0.275 e. The lowest BCUT2D eigenvalue weighted by Crippen LogP contribution is -2.13. The number of nitrogens with two attached hydrogens (primary N) is 1. The number of benzene rings is 1. The molecule has 22 heavy (non-hydrogen) atoms. The van der Waals surface area contributed by atoms with Crippen LogP contribution < -0.4 is 20.5 Å². The summed E-state index contributed by atoms with van der Waals surface area (Å²) >= 11 is 7.44. The molecule has 118 valence electrons. The fourth-order valence-electron chi connectivity index (χ4n) is 1.80. The second-order valence-corrected chi connectivity index (χ2v) is 5.66. The molecule has 1 amide bonds. The Morgan fingerprint density at radius 2 is 2.09 bits per heavy atom. The molecule has 1 heterocycles. The van der Waals surface area contributed by atoms with Gasteiger partial charge in [0.15, 0.2) is 0 Å². The van der Waals surface area contributed by atoms with Gasteiger partial charge in [-0.25, -0.2) is 4.98 Å².